The number of rotatable bonds is 4. The first-order valence-corrected chi connectivity index (χ1v) is 8.49. The van der Waals surface area contributed by atoms with Crippen molar-refractivity contribution in [3.63, 3.8) is 0 Å². The van der Waals surface area contributed by atoms with Gasteiger partial charge in [-0.25, -0.2) is 0 Å². The van der Waals surface area contributed by atoms with Gasteiger partial charge in [0.15, 0.2) is 0 Å². The molecule has 0 aliphatic heterocycles. The summed E-state index contributed by atoms with van der Waals surface area (Å²) in [6.45, 7) is 3.33. The van der Waals surface area contributed by atoms with Crippen LogP contribution < -0.4 is 0 Å². The van der Waals surface area contributed by atoms with Gasteiger partial charge in [-0.1, -0.05) is 0 Å². The third-order valence-electron chi connectivity index (χ3n) is 3.63. The van der Waals surface area contributed by atoms with Crippen molar-refractivity contribution in [2.24, 2.45) is 10.4 Å². The van der Waals surface area contributed by atoms with Crippen molar-refractivity contribution in [1.82, 2.24) is 0 Å². The normalized spacial score (nSPS) is 13.0. The van der Waals surface area contributed by atoms with Crippen LogP contribution in [0, 0.1) is 5.41 Å². The summed E-state index contributed by atoms with van der Waals surface area (Å²) in [5.41, 5.74) is -0.997. The molecule has 0 amide bonds. The molecule has 0 saturated carbocycles. The zero-order chi connectivity index (χ0) is 18.8. The molecule has 0 saturated heterocycles. The zero-order valence-electron chi connectivity index (χ0n) is 13.4. The first kappa shape index (κ1) is 19.7. The van der Waals surface area contributed by atoms with Gasteiger partial charge in [-0.05, 0) is 0 Å². The number of carbonyl (C=O) groups excluding carboxylic acids is 1. The molecule has 0 atom stereocenters. The third kappa shape index (κ3) is 4.72. The third-order valence-corrected chi connectivity index (χ3v) is 5.15. The second-order valence-electron chi connectivity index (χ2n) is 5.92. The number of aliphatic imine (C=N–C) groups is 1. The standard InChI is InChI=1S/C18H14ClF3NOSe/c1-17(2,16(25)23-14-9-7-13(19)8-10-14)15(24)11-3-5-12(6-4-11)18(20,21)22/h3-10H,1-2H3. The van der Waals surface area contributed by atoms with Crippen LogP contribution in [0.2, 0.25) is 5.02 Å². The van der Waals surface area contributed by atoms with E-state index in [0.717, 1.165) is 12.1 Å². The van der Waals surface area contributed by atoms with E-state index >= 15 is 0 Å². The molecule has 7 heteroatoms. The van der Waals surface area contributed by atoms with Crippen LogP contribution >= 0.6 is 11.6 Å². The van der Waals surface area contributed by atoms with Crippen molar-refractivity contribution in [1.29, 1.82) is 0 Å². The SMILES string of the molecule is CC(C)(C(=O)c1ccc(C(F)(F)F)cc1)C([Se])=Nc1ccc(Cl)cc1. The molecule has 0 N–H and O–H groups in total. The molecule has 2 rings (SSSR count). The number of carbonyl (C=O) groups is 1. The Morgan fingerprint density at radius 3 is 2.00 bits per heavy atom. The first-order chi connectivity index (χ1) is 11.5. The molecule has 0 aromatic heterocycles. The van der Waals surface area contributed by atoms with Gasteiger partial charge in [0, 0.05) is 0 Å². The van der Waals surface area contributed by atoms with Crippen LogP contribution in [-0.2, 0) is 6.18 Å². The quantitative estimate of drug-likeness (QED) is 0.359. The van der Waals surface area contributed by atoms with E-state index in [1.807, 2.05) is 0 Å². The molecule has 0 aliphatic carbocycles. The van der Waals surface area contributed by atoms with Gasteiger partial charge in [0.05, 0.1) is 0 Å². The Balaban J connectivity index is 2.28. The van der Waals surface area contributed by atoms with E-state index in [1.54, 1.807) is 38.1 Å². The molecule has 0 fully saturated rings. The van der Waals surface area contributed by atoms with Gasteiger partial charge in [0.1, 0.15) is 0 Å². The number of alkyl halides is 3. The summed E-state index contributed by atoms with van der Waals surface area (Å²) in [7, 11) is 0. The van der Waals surface area contributed by atoms with Gasteiger partial charge in [0.25, 0.3) is 0 Å². The van der Waals surface area contributed by atoms with Gasteiger partial charge in [0.2, 0.25) is 0 Å². The molecule has 0 bridgehead atoms. The fourth-order valence-electron chi connectivity index (χ4n) is 2.04. The minimum atomic E-state index is -4.43. The monoisotopic (exact) mass is 432 g/mol. The van der Waals surface area contributed by atoms with Gasteiger partial charge in [-0.3, -0.25) is 0 Å². The van der Waals surface area contributed by atoms with Crippen molar-refractivity contribution >= 4 is 43.7 Å². The van der Waals surface area contributed by atoms with Gasteiger partial charge >= 0.3 is 157 Å². The number of hydrogen-bond donors (Lipinski definition) is 0. The molecule has 2 aromatic rings. The van der Waals surface area contributed by atoms with E-state index in [2.05, 4.69) is 21.0 Å². The van der Waals surface area contributed by atoms with Crippen LogP contribution in [0.3, 0.4) is 0 Å². The van der Waals surface area contributed by atoms with Crippen LogP contribution in [-0.4, -0.2) is 26.4 Å². The van der Waals surface area contributed by atoms with E-state index in [0.29, 0.717) is 15.3 Å². The van der Waals surface area contributed by atoms with Crippen LogP contribution in [0.4, 0.5) is 18.9 Å². The molecular weight excluding hydrogens is 418 g/mol. The van der Waals surface area contributed by atoms with E-state index in [1.165, 1.54) is 12.1 Å². The molecule has 0 aliphatic rings. The Labute approximate surface area is 156 Å². The molecule has 131 valence electrons. The summed E-state index contributed by atoms with van der Waals surface area (Å²) >= 11 is 8.61. The first-order valence-electron chi connectivity index (χ1n) is 7.25. The topological polar surface area (TPSA) is 29.4 Å². The minimum absolute atomic E-state index is 0.192. The van der Waals surface area contributed by atoms with Crippen LogP contribution in [0.1, 0.15) is 29.8 Å². The average molecular weight is 432 g/mol. The average Bonchev–Trinajstić information content (AvgIpc) is 2.55. The Hall–Kier alpha value is -1.62. The van der Waals surface area contributed by atoms with Crippen LogP contribution in [0.5, 0.6) is 0 Å². The fraction of sp³-hybridized carbons (Fsp3) is 0.222. The van der Waals surface area contributed by atoms with Crippen molar-refractivity contribution in [2.75, 3.05) is 0 Å². The molecule has 0 heterocycles. The molecule has 2 nitrogen and oxygen atoms in total. The Bertz CT molecular complexity index is 797. The Morgan fingerprint density at radius 1 is 1.00 bits per heavy atom. The molecule has 0 unspecified atom stereocenters. The number of benzene rings is 2. The van der Waals surface area contributed by atoms with Crippen molar-refractivity contribution in [3.05, 3.63) is 64.7 Å². The summed E-state index contributed by atoms with van der Waals surface area (Å²) in [6.07, 6.45) is -4.43. The summed E-state index contributed by atoms with van der Waals surface area (Å²) in [4.78, 5) is 17.1. The molecule has 0 spiro atoms. The summed E-state index contributed by atoms with van der Waals surface area (Å²) < 4.78 is 38.3. The number of hydrogen-bond acceptors (Lipinski definition) is 2. The second-order valence-corrected chi connectivity index (χ2v) is 7.17. The van der Waals surface area contributed by atoms with E-state index < -0.39 is 17.2 Å². The van der Waals surface area contributed by atoms with E-state index in [-0.39, 0.29) is 11.3 Å². The predicted octanol–water partition coefficient (Wildman–Crippen LogP) is 5.47. The molecule has 2 aromatic carbocycles. The number of halogens is 4. The number of Topliss-reactive ketones (excluding diaryl/α,β-unsaturated/α-hetero) is 1. The Kier molecular flexibility index (Phi) is 5.77. The van der Waals surface area contributed by atoms with E-state index in [9.17, 15) is 18.0 Å². The zero-order valence-corrected chi connectivity index (χ0v) is 15.9. The van der Waals surface area contributed by atoms with Gasteiger partial charge in [-0.15, -0.1) is 0 Å². The molecule has 25 heavy (non-hydrogen) atoms. The van der Waals surface area contributed by atoms with E-state index in [4.69, 9.17) is 11.6 Å². The van der Waals surface area contributed by atoms with Gasteiger partial charge in [-0.2, -0.15) is 0 Å². The van der Waals surface area contributed by atoms with Crippen molar-refractivity contribution in [2.45, 2.75) is 20.0 Å². The number of ketones is 1. The van der Waals surface area contributed by atoms with Crippen LogP contribution in [0.25, 0.3) is 0 Å². The van der Waals surface area contributed by atoms with Crippen molar-refractivity contribution in [3.8, 4) is 0 Å². The van der Waals surface area contributed by atoms with Crippen LogP contribution in [0.15, 0.2) is 53.5 Å². The van der Waals surface area contributed by atoms with Gasteiger partial charge < -0.3 is 0 Å². The second kappa shape index (κ2) is 7.32. The summed E-state index contributed by atoms with van der Waals surface area (Å²) in [5.74, 6) is -0.326. The molecule has 1 radical (unpaired) electrons. The Morgan fingerprint density at radius 2 is 1.52 bits per heavy atom. The van der Waals surface area contributed by atoms with Crippen molar-refractivity contribution < 1.29 is 18.0 Å². The number of nitrogens with zero attached hydrogens (tertiary/aromatic N) is 1. The maximum absolute atomic E-state index is 12.7. The molecular formula is C18H14ClF3NOSe. The predicted molar refractivity (Wildman–Crippen MR) is 93.9 cm³/mol. The summed E-state index contributed by atoms with van der Waals surface area (Å²) in [6, 6.07) is 10.9. The fourth-order valence-corrected chi connectivity index (χ4v) is 2.58. The summed E-state index contributed by atoms with van der Waals surface area (Å²) in [5, 5.41) is 0.570. The maximum atomic E-state index is 12.7.